The van der Waals surface area contributed by atoms with Gasteiger partial charge in [0.25, 0.3) is 5.56 Å². The Labute approximate surface area is 129 Å². The molecule has 4 aromatic rings. The number of benzene rings is 1. The molecule has 0 radical (unpaired) electrons. The van der Waals surface area contributed by atoms with E-state index in [1.165, 1.54) is 10.9 Å². The number of hydrogen-bond donors (Lipinski definition) is 0. The second-order valence-electron chi connectivity index (χ2n) is 4.98. The van der Waals surface area contributed by atoms with E-state index in [0.29, 0.717) is 22.4 Å². The standard InChI is InChI=1S/C14H11N7O2/c1-9-12(18-23-17-9)8-20-14(22)11-7-15-21(13(11)16-19-20)10-5-3-2-4-6-10/h2-7H,8H2,1H3. The van der Waals surface area contributed by atoms with E-state index in [1.54, 1.807) is 11.6 Å². The monoisotopic (exact) mass is 309 g/mol. The first-order valence-corrected chi connectivity index (χ1v) is 6.89. The molecule has 0 saturated carbocycles. The molecule has 0 amide bonds. The Hall–Kier alpha value is -3.36. The van der Waals surface area contributed by atoms with Gasteiger partial charge in [-0.15, -0.1) is 5.10 Å². The highest BCUT2D eigenvalue weighted by Crippen LogP contribution is 2.12. The third-order valence-corrected chi connectivity index (χ3v) is 3.50. The first-order valence-electron chi connectivity index (χ1n) is 6.89. The number of aromatic nitrogens is 7. The topological polar surface area (TPSA) is 105 Å². The van der Waals surface area contributed by atoms with Crippen LogP contribution in [0.25, 0.3) is 16.7 Å². The number of hydrogen-bond acceptors (Lipinski definition) is 7. The zero-order valence-corrected chi connectivity index (χ0v) is 12.1. The van der Waals surface area contributed by atoms with Crippen molar-refractivity contribution in [1.82, 2.24) is 35.1 Å². The Morgan fingerprint density at radius 2 is 2.00 bits per heavy atom. The van der Waals surface area contributed by atoms with Crippen molar-refractivity contribution in [3.63, 3.8) is 0 Å². The van der Waals surface area contributed by atoms with E-state index >= 15 is 0 Å². The molecule has 0 spiro atoms. The number of aryl methyl sites for hydroxylation is 1. The van der Waals surface area contributed by atoms with Crippen molar-refractivity contribution in [1.29, 1.82) is 0 Å². The van der Waals surface area contributed by atoms with Crippen LogP contribution in [0.15, 0.2) is 46.0 Å². The SMILES string of the molecule is Cc1nonc1Cn1nnc2c(cnn2-c2ccccc2)c1=O. The summed E-state index contributed by atoms with van der Waals surface area (Å²) in [4.78, 5) is 12.5. The fraction of sp³-hybridized carbons (Fsp3) is 0.143. The summed E-state index contributed by atoms with van der Waals surface area (Å²) in [6.45, 7) is 1.89. The van der Waals surface area contributed by atoms with Gasteiger partial charge in [-0.1, -0.05) is 33.7 Å². The molecule has 0 bridgehead atoms. The van der Waals surface area contributed by atoms with Crippen LogP contribution in [-0.4, -0.2) is 35.1 Å². The Bertz CT molecular complexity index is 1030. The van der Waals surface area contributed by atoms with Crippen LogP contribution in [-0.2, 0) is 6.54 Å². The Morgan fingerprint density at radius 3 is 2.74 bits per heavy atom. The molecule has 0 unspecified atom stereocenters. The smallest absolute Gasteiger partial charge is 0.267 e. The summed E-state index contributed by atoms with van der Waals surface area (Å²) in [6.07, 6.45) is 1.49. The highest BCUT2D eigenvalue weighted by molar-refractivity contribution is 5.74. The van der Waals surface area contributed by atoms with E-state index in [2.05, 4.69) is 30.4 Å². The van der Waals surface area contributed by atoms with Crippen LogP contribution >= 0.6 is 0 Å². The van der Waals surface area contributed by atoms with Gasteiger partial charge in [0.2, 0.25) is 0 Å². The van der Waals surface area contributed by atoms with Crippen molar-refractivity contribution >= 4 is 11.0 Å². The summed E-state index contributed by atoms with van der Waals surface area (Å²) in [5.41, 5.74) is 2.08. The van der Waals surface area contributed by atoms with Crippen molar-refractivity contribution in [2.75, 3.05) is 0 Å². The van der Waals surface area contributed by atoms with Gasteiger partial charge in [0.1, 0.15) is 16.8 Å². The normalized spacial score (nSPS) is 11.2. The lowest BCUT2D eigenvalue weighted by Crippen LogP contribution is -2.25. The number of para-hydroxylation sites is 1. The van der Waals surface area contributed by atoms with Crippen LogP contribution in [0.2, 0.25) is 0 Å². The molecule has 0 aliphatic carbocycles. The molecule has 0 N–H and O–H groups in total. The van der Waals surface area contributed by atoms with Gasteiger partial charge < -0.3 is 0 Å². The van der Waals surface area contributed by atoms with Crippen LogP contribution in [0.3, 0.4) is 0 Å². The highest BCUT2D eigenvalue weighted by Gasteiger charge is 2.14. The van der Waals surface area contributed by atoms with Gasteiger partial charge in [-0.3, -0.25) is 4.79 Å². The third-order valence-electron chi connectivity index (χ3n) is 3.50. The van der Waals surface area contributed by atoms with Crippen LogP contribution in [0.1, 0.15) is 11.4 Å². The van der Waals surface area contributed by atoms with Gasteiger partial charge in [-0.25, -0.2) is 14.0 Å². The van der Waals surface area contributed by atoms with Gasteiger partial charge in [-0.05, 0) is 19.1 Å². The Kier molecular flexibility index (Phi) is 2.97. The Morgan fingerprint density at radius 1 is 1.17 bits per heavy atom. The average molecular weight is 309 g/mol. The minimum absolute atomic E-state index is 0.146. The zero-order chi connectivity index (χ0) is 15.8. The molecule has 0 saturated heterocycles. The summed E-state index contributed by atoms with van der Waals surface area (Å²) in [7, 11) is 0. The van der Waals surface area contributed by atoms with E-state index in [0.717, 1.165) is 5.69 Å². The minimum atomic E-state index is -0.292. The van der Waals surface area contributed by atoms with Crippen LogP contribution in [0.5, 0.6) is 0 Å². The molecular weight excluding hydrogens is 298 g/mol. The minimum Gasteiger partial charge on any atom is -0.267 e. The fourth-order valence-electron chi connectivity index (χ4n) is 2.26. The average Bonchev–Trinajstić information content (AvgIpc) is 3.18. The molecule has 114 valence electrons. The molecule has 4 rings (SSSR count). The lowest BCUT2D eigenvalue weighted by atomic mass is 10.3. The summed E-state index contributed by atoms with van der Waals surface area (Å²) in [5.74, 6) is 0. The quantitative estimate of drug-likeness (QED) is 0.549. The summed E-state index contributed by atoms with van der Waals surface area (Å²) in [6, 6.07) is 9.44. The fourth-order valence-corrected chi connectivity index (χ4v) is 2.26. The second kappa shape index (κ2) is 5.13. The molecule has 23 heavy (non-hydrogen) atoms. The maximum atomic E-state index is 12.5. The molecule has 3 aromatic heterocycles. The van der Waals surface area contributed by atoms with Gasteiger partial charge in [0.05, 0.1) is 18.4 Å². The first-order chi connectivity index (χ1) is 11.2. The van der Waals surface area contributed by atoms with Gasteiger partial charge in [0, 0.05) is 0 Å². The van der Waals surface area contributed by atoms with E-state index in [-0.39, 0.29) is 12.1 Å². The highest BCUT2D eigenvalue weighted by atomic mass is 16.6. The van der Waals surface area contributed by atoms with Crippen molar-refractivity contribution < 1.29 is 4.63 Å². The second-order valence-corrected chi connectivity index (χ2v) is 4.98. The maximum Gasteiger partial charge on any atom is 0.281 e. The largest absolute Gasteiger partial charge is 0.281 e. The molecule has 1 aromatic carbocycles. The Balaban J connectivity index is 1.81. The predicted octanol–water partition coefficient (Wildman–Crippen LogP) is 0.717. The van der Waals surface area contributed by atoms with Crippen molar-refractivity contribution in [2.24, 2.45) is 0 Å². The van der Waals surface area contributed by atoms with E-state index in [9.17, 15) is 4.79 Å². The van der Waals surface area contributed by atoms with Crippen LogP contribution in [0.4, 0.5) is 0 Å². The first kappa shape index (κ1) is 13.3. The van der Waals surface area contributed by atoms with Gasteiger partial charge in [-0.2, -0.15) is 5.10 Å². The van der Waals surface area contributed by atoms with Crippen LogP contribution < -0.4 is 5.56 Å². The zero-order valence-electron chi connectivity index (χ0n) is 12.1. The molecule has 0 fully saturated rings. The lowest BCUT2D eigenvalue weighted by molar-refractivity contribution is 0.300. The summed E-state index contributed by atoms with van der Waals surface area (Å²) >= 11 is 0. The van der Waals surface area contributed by atoms with E-state index in [1.807, 2.05) is 30.3 Å². The van der Waals surface area contributed by atoms with Crippen molar-refractivity contribution in [3.05, 3.63) is 58.3 Å². The molecule has 9 nitrogen and oxygen atoms in total. The molecular formula is C14H11N7O2. The van der Waals surface area contributed by atoms with Crippen molar-refractivity contribution in [2.45, 2.75) is 13.5 Å². The predicted molar refractivity (Wildman–Crippen MR) is 79.1 cm³/mol. The maximum absolute atomic E-state index is 12.5. The molecule has 9 heteroatoms. The molecule has 3 heterocycles. The third kappa shape index (κ3) is 2.18. The number of rotatable bonds is 3. The molecule has 0 aliphatic rings. The van der Waals surface area contributed by atoms with E-state index < -0.39 is 0 Å². The summed E-state index contributed by atoms with van der Waals surface area (Å²) < 4.78 is 7.42. The molecule has 0 aliphatic heterocycles. The van der Waals surface area contributed by atoms with Gasteiger partial charge >= 0.3 is 0 Å². The van der Waals surface area contributed by atoms with E-state index in [4.69, 9.17) is 0 Å². The van der Waals surface area contributed by atoms with Crippen molar-refractivity contribution in [3.8, 4) is 5.69 Å². The number of fused-ring (bicyclic) bond motifs is 1. The lowest BCUT2D eigenvalue weighted by Gasteiger charge is -2.03. The van der Waals surface area contributed by atoms with Crippen LogP contribution in [0, 0.1) is 6.92 Å². The summed E-state index contributed by atoms with van der Waals surface area (Å²) in [5, 5.41) is 20.1. The van der Waals surface area contributed by atoms with Gasteiger partial charge in [0.15, 0.2) is 5.65 Å². The molecule has 0 atom stereocenters. The number of nitrogens with zero attached hydrogens (tertiary/aromatic N) is 7.